The van der Waals surface area contributed by atoms with Crippen molar-refractivity contribution in [3.05, 3.63) is 71.9 Å². The first kappa shape index (κ1) is 29.6. The standard InChI is InChI=1S/C31H45NO4/c1-20-10-9-11-28(34)36-30(24(5)29(35)25(6)32-26(7)33)23(4)14-12-21(2)18-27-15-13-22(3)19-31(27,8)17-16-20/h9-18,22-25,27,29-30,35H,19H2,1-8H3,(H,32,33)/b11-9+,14-12+,17-16+,20-10-,21-18+/t22-,23-,24-,25-,27-,29+,30-,31-/m1/s1. The van der Waals surface area contributed by atoms with Crippen LogP contribution in [0.5, 0.6) is 0 Å². The molecule has 36 heavy (non-hydrogen) atoms. The highest BCUT2D eigenvalue weighted by atomic mass is 16.5. The van der Waals surface area contributed by atoms with E-state index < -0.39 is 30.1 Å². The number of amides is 1. The molecule has 0 aromatic rings. The van der Waals surface area contributed by atoms with E-state index in [1.54, 1.807) is 13.0 Å². The number of hydrogen-bond donors (Lipinski definition) is 2. The lowest BCUT2D eigenvalue weighted by molar-refractivity contribution is -0.151. The average molecular weight is 496 g/mol. The van der Waals surface area contributed by atoms with Crippen LogP contribution in [-0.2, 0) is 14.3 Å². The van der Waals surface area contributed by atoms with Gasteiger partial charge in [-0.3, -0.25) is 4.79 Å². The molecule has 0 saturated heterocycles. The molecule has 0 spiro atoms. The second-order valence-electron chi connectivity index (χ2n) is 11.1. The lowest BCUT2D eigenvalue weighted by Crippen LogP contribution is -2.48. The van der Waals surface area contributed by atoms with Crippen molar-refractivity contribution in [3.8, 4) is 0 Å². The fraction of sp³-hybridized carbons (Fsp3) is 0.548. The van der Waals surface area contributed by atoms with Gasteiger partial charge >= 0.3 is 5.97 Å². The van der Waals surface area contributed by atoms with E-state index in [-0.39, 0.29) is 23.2 Å². The highest BCUT2D eigenvalue weighted by molar-refractivity contribution is 5.82. The van der Waals surface area contributed by atoms with Gasteiger partial charge in [-0.1, -0.05) is 93.5 Å². The molecule has 1 aliphatic heterocycles. The molecule has 1 amide bonds. The monoisotopic (exact) mass is 495 g/mol. The van der Waals surface area contributed by atoms with E-state index in [2.05, 4.69) is 62.5 Å². The van der Waals surface area contributed by atoms with E-state index >= 15 is 0 Å². The molecule has 0 saturated carbocycles. The van der Waals surface area contributed by atoms with Crippen LogP contribution in [0.4, 0.5) is 0 Å². The molecule has 0 unspecified atom stereocenters. The van der Waals surface area contributed by atoms with Gasteiger partial charge in [0.05, 0.1) is 12.1 Å². The molecule has 2 rings (SSSR count). The molecule has 2 N–H and O–H groups in total. The smallest absolute Gasteiger partial charge is 0.331 e. The summed E-state index contributed by atoms with van der Waals surface area (Å²) in [6.45, 7) is 15.7. The van der Waals surface area contributed by atoms with Crippen LogP contribution in [0.3, 0.4) is 0 Å². The summed E-state index contributed by atoms with van der Waals surface area (Å²) in [5, 5.41) is 13.7. The normalized spacial score (nSPS) is 37.5. The Morgan fingerprint density at radius 1 is 1.11 bits per heavy atom. The lowest BCUT2D eigenvalue weighted by Gasteiger charge is -2.37. The van der Waals surface area contributed by atoms with Crippen molar-refractivity contribution >= 4 is 11.9 Å². The van der Waals surface area contributed by atoms with Gasteiger partial charge in [0.2, 0.25) is 5.91 Å². The van der Waals surface area contributed by atoms with Crippen LogP contribution in [0.15, 0.2) is 71.9 Å². The molecule has 1 heterocycles. The predicted molar refractivity (Wildman–Crippen MR) is 147 cm³/mol. The molecule has 2 aliphatic rings. The number of hydrogen-bond acceptors (Lipinski definition) is 4. The Kier molecular flexibility index (Phi) is 10.7. The Bertz CT molecular complexity index is 969. The Balaban J connectivity index is 2.45. The summed E-state index contributed by atoms with van der Waals surface area (Å²) >= 11 is 0. The second-order valence-corrected chi connectivity index (χ2v) is 11.1. The van der Waals surface area contributed by atoms with E-state index in [0.29, 0.717) is 5.92 Å². The van der Waals surface area contributed by atoms with Crippen LogP contribution >= 0.6 is 0 Å². The maximum atomic E-state index is 12.7. The highest BCUT2D eigenvalue weighted by Gasteiger charge is 2.34. The maximum Gasteiger partial charge on any atom is 0.331 e. The van der Waals surface area contributed by atoms with Crippen molar-refractivity contribution in [1.82, 2.24) is 5.32 Å². The molecule has 0 aromatic carbocycles. The molecule has 0 aromatic heterocycles. The summed E-state index contributed by atoms with van der Waals surface area (Å²) in [5.41, 5.74) is 2.17. The van der Waals surface area contributed by atoms with E-state index in [1.165, 1.54) is 13.0 Å². The van der Waals surface area contributed by atoms with Crippen molar-refractivity contribution in [2.45, 2.75) is 80.1 Å². The lowest BCUT2D eigenvalue weighted by atomic mass is 9.67. The Labute approximate surface area is 217 Å². The van der Waals surface area contributed by atoms with Crippen molar-refractivity contribution in [3.63, 3.8) is 0 Å². The first-order valence-corrected chi connectivity index (χ1v) is 13.1. The molecule has 5 heteroatoms. The first-order chi connectivity index (χ1) is 16.8. The number of aliphatic hydroxyl groups is 1. The minimum atomic E-state index is -0.879. The van der Waals surface area contributed by atoms with Gasteiger partial charge in [-0.05, 0) is 38.5 Å². The number of carbonyl (C=O) groups excluding carboxylic acids is 2. The van der Waals surface area contributed by atoms with Crippen molar-refractivity contribution in [2.24, 2.45) is 29.1 Å². The number of carbonyl (C=O) groups is 2. The molecule has 0 bridgehead atoms. The highest BCUT2D eigenvalue weighted by Crippen LogP contribution is 2.42. The Hall–Kier alpha value is -2.66. The second kappa shape index (κ2) is 13.0. The number of rotatable bonds is 4. The zero-order valence-corrected chi connectivity index (χ0v) is 23.2. The van der Waals surface area contributed by atoms with E-state index in [9.17, 15) is 14.7 Å². The zero-order valence-electron chi connectivity index (χ0n) is 23.2. The Morgan fingerprint density at radius 2 is 1.81 bits per heavy atom. The van der Waals surface area contributed by atoms with Crippen LogP contribution < -0.4 is 5.32 Å². The molecule has 8 atom stereocenters. The van der Waals surface area contributed by atoms with Gasteiger partial charge in [0.25, 0.3) is 0 Å². The number of cyclic esters (lactones) is 1. The van der Waals surface area contributed by atoms with Crippen molar-refractivity contribution in [1.29, 1.82) is 0 Å². The van der Waals surface area contributed by atoms with Gasteiger partial charge in [-0.2, -0.15) is 0 Å². The van der Waals surface area contributed by atoms with Gasteiger partial charge in [-0.25, -0.2) is 4.79 Å². The third-order valence-corrected chi connectivity index (χ3v) is 7.36. The zero-order chi connectivity index (χ0) is 27.0. The summed E-state index contributed by atoms with van der Waals surface area (Å²) in [6.07, 6.45) is 20.1. The number of nitrogens with one attached hydrogen (secondary N) is 1. The molecule has 5 nitrogen and oxygen atoms in total. The van der Waals surface area contributed by atoms with Crippen LogP contribution in [0, 0.1) is 29.1 Å². The molecular formula is C31H45NO4. The maximum absolute atomic E-state index is 12.7. The van der Waals surface area contributed by atoms with Gasteiger partial charge in [0, 0.05) is 30.8 Å². The van der Waals surface area contributed by atoms with Gasteiger partial charge in [0.1, 0.15) is 6.10 Å². The molecule has 198 valence electrons. The minimum Gasteiger partial charge on any atom is -0.458 e. The van der Waals surface area contributed by atoms with Crippen LogP contribution in [0.25, 0.3) is 0 Å². The SMILES string of the molecule is CC(=O)N[C@H](C)[C@@H](O)[C@@H](C)[C@@H]1OC(=O)/C=C/C=C(C)\C=C\[C@]2(C)C[C@H](C)C=C[C@@H]2/C=C(C)/C=C/[C@H]1C. The molecule has 0 fully saturated rings. The minimum absolute atomic E-state index is 0.00922. The topological polar surface area (TPSA) is 75.6 Å². The number of esters is 1. The fourth-order valence-corrected chi connectivity index (χ4v) is 5.18. The molecular weight excluding hydrogens is 450 g/mol. The van der Waals surface area contributed by atoms with E-state index in [1.807, 2.05) is 32.9 Å². The van der Waals surface area contributed by atoms with E-state index in [4.69, 9.17) is 4.74 Å². The number of aliphatic hydroxyl groups excluding tert-OH is 1. The van der Waals surface area contributed by atoms with Gasteiger partial charge < -0.3 is 15.2 Å². The van der Waals surface area contributed by atoms with Crippen LogP contribution in [-0.4, -0.2) is 35.2 Å². The summed E-state index contributed by atoms with van der Waals surface area (Å²) in [6, 6.07) is -0.472. The quantitative estimate of drug-likeness (QED) is 0.379. The van der Waals surface area contributed by atoms with Crippen molar-refractivity contribution in [2.75, 3.05) is 0 Å². The fourth-order valence-electron chi connectivity index (χ4n) is 5.18. The summed E-state index contributed by atoms with van der Waals surface area (Å²) in [4.78, 5) is 24.2. The molecule has 1 aliphatic carbocycles. The van der Waals surface area contributed by atoms with E-state index in [0.717, 1.165) is 17.6 Å². The number of allylic oxidation sites excluding steroid dienone is 10. The average Bonchev–Trinajstić information content (AvgIpc) is 2.79. The number of fused-ring (bicyclic) bond motifs is 1. The summed E-state index contributed by atoms with van der Waals surface area (Å²) in [7, 11) is 0. The summed E-state index contributed by atoms with van der Waals surface area (Å²) in [5.74, 6) is -0.448. The first-order valence-electron chi connectivity index (χ1n) is 13.1. The van der Waals surface area contributed by atoms with Crippen LogP contribution in [0.2, 0.25) is 0 Å². The van der Waals surface area contributed by atoms with Gasteiger partial charge in [-0.15, -0.1) is 0 Å². The third kappa shape index (κ3) is 8.48. The van der Waals surface area contributed by atoms with Crippen molar-refractivity contribution < 1.29 is 19.4 Å². The predicted octanol–water partition coefficient (Wildman–Crippen LogP) is 5.85. The molecule has 0 radical (unpaired) electrons. The van der Waals surface area contributed by atoms with Gasteiger partial charge in [0.15, 0.2) is 0 Å². The third-order valence-electron chi connectivity index (χ3n) is 7.36. The summed E-state index contributed by atoms with van der Waals surface area (Å²) < 4.78 is 5.86. The largest absolute Gasteiger partial charge is 0.458 e. The number of ether oxygens (including phenoxy) is 1. The Morgan fingerprint density at radius 3 is 2.47 bits per heavy atom. The van der Waals surface area contributed by atoms with Crippen LogP contribution in [0.1, 0.15) is 61.8 Å².